The van der Waals surface area contributed by atoms with Crippen molar-refractivity contribution in [2.75, 3.05) is 13.1 Å². The van der Waals surface area contributed by atoms with Gasteiger partial charge in [-0.25, -0.2) is 0 Å². The monoisotopic (exact) mass is 266 g/mol. The Kier molecular flexibility index (Phi) is 3.86. The van der Waals surface area contributed by atoms with Crippen LogP contribution in [0.5, 0.6) is 0 Å². The maximum absolute atomic E-state index is 5.84. The molecule has 0 amide bonds. The molecular weight excluding hydrogens is 244 g/mol. The first kappa shape index (κ1) is 13.3. The molecule has 0 aliphatic carbocycles. The van der Waals surface area contributed by atoms with Gasteiger partial charge in [0, 0.05) is 12.6 Å². The van der Waals surface area contributed by atoms with Crippen LogP contribution in [0.2, 0.25) is 0 Å². The minimum Gasteiger partial charge on any atom is -0.330 e. The highest BCUT2D eigenvalue weighted by Gasteiger charge is 2.39. The molecule has 2 aromatic rings. The van der Waals surface area contributed by atoms with Crippen molar-refractivity contribution in [2.45, 2.75) is 19.0 Å². The number of rotatable bonds is 4. The summed E-state index contributed by atoms with van der Waals surface area (Å²) in [4.78, 5) is 2.56. The van der Waals surface area contributed by atoms with E-state index in [1.807, 2.05) is 0 Å². The second-order valence-corrected chi connectivity index (χ2v) is 5.66. The Bertz CT molecular complexity index is 498. The van der Waals surface area contributed by atoms with E-state index in [4.69, 9.17) is 5.73 Å². The van der Waals surface area contributed by atoms with E-state index in [1.165, 1.54) is 11.1 Å². The van der Waals surface area contributed by atoms with Crippen LogP contribution in [-0.4, -0.2) is 24.0 Å². The fraction of sp³-hybridized carbons (Fsp3) is 0.333. The molecule has 3 rings (SSSR count). The number of likely N-dealkylation sites (tertiary alicyclic amines) is 1. The second kappa shape index (κ2) is 5.78. The third-order valence-electron chi connectivity index (χ3n) is 4.52. The lowest BCUT2D eigenvalue weighted by Crippen LogP contribution is -2.58. The van der Waals surface area contributed by atoms with Crippen molar-refractivity contribution in [3.8, 4) is 0 Å². The van der Waals surface area contributed by atoms with Crippen molar-refractivity contribution >= 4 is 0 Å². The third-order valence-corrected chi connectivity index (χ3v) is 4.52. The van der Waals surface area contributed by atoms with Crippen LogP contribution in [0.15, 0.2) is 60.7 Å². The first-order valence-electron chi connectivity index (χ1n) is 7.37. The Morgan fingerprint density at radius 2 is 1.50 bits per heavy atom. The zero-order valence-corrected chi connectivity index (χ0v) is 11.9. The molecule has 1 saturated heterocycles. The normalized spacial score (nSPS) is 22.8. The van der Waals surface area contributed by atoms with E-state index in [9.17, 15) is 0 Å². The summed E-state index contributed by atoms with van der Waals surface area (Å²) in [6.07, 6.45) is 0. The molecule has 2 aromatic carbocycles. The topological polar surface area (TPSA) is 29.3 Å². The molecule has 1 heterocycles. The SMILES string of the molecule is CC1C(CN)CN1C(c1ccccc1)c1ccccc1. The van der Waals surface area contributed by atoms with Crippen molar-refractivity contribution in [3.63, 3.8) is 0 Å². The highest BCUT2D eigenvalue weighted by molar-refractivity contribution is 5.32. The van der Waals surface area contributed by atoms with Gasteiger partial charge in [0.25, 0.3) is 0 Å². The Morgan fingerprint density at radius 1 is 1.00 bits per heavy atom. The summed E-state index contributed by atoms with van der Waals surface area (Å²) in [5.74, 6) is 0.630. The van der Waals surface area contributed by atoms with Crippen molar-refractivity contribution in [1.29, 1.82) is 0 Å². The molecule has 0 spiro atoms. The van der Waals surface area contributed by atoms with E-state index < -0.39 is 0 Å². The minimum atomic E-state index is 0.343. The van der Waals surface area contributed by atoms with Gasteiger partial charge in [-0.05, 0) is 30.5 Å². The lowest BCUT2D eigenvalue weighted by molar-refractivity contribution is 0.00498. The van der Waals surface area contributed by atoms with E-state index >= 15 is 0 Å². The number of hydrogen-bond acceptors (Lipinski definition) is 2. The number of benzene rings is 2. The van der Waals surface area contributed by atoms with Gasteiger partial charge in [-0.15, -0.1) is 0 Å². The summed E-state index contributed by atoms with van der Waals surface area (Å²) in [6.45, 7) is 4.17. The Balaban J connectivity index is 1.94. The van der Waals surface area contributed by atoms with Crippen molar-refractivity contribution < 1.29 is 0 Å². The Morgan fingerprint density at radius 3 is 1.90 bits per heavy atom. The van der Waals surface area contributed by atoms with Crippen LogP contribution in [0, 0.1) is 5.92 Å². The molecule has 1 aliphatic heterocycles. The van der Waals surface area contributed by atoms with Crippen LogP contribution in [0.3, 0.4) is 0 Å². The quantitative estimate of drug-likeness (QED) is 0.921. The van der Waals surface area contributed by atoms with Gasteiger partial charge in [-0.3, -0.25) is 4.90 Å². The third kappa shape index (κ3) is 2.37. The van der Waals surface area contributed by atoms with Crippen LogP contribution < -0.4 is 5.73 Å². The highest BCUT2D eigenvalue weighted by Crippen LogP contribution is 2.37. The van der Waals surface area contributed by atoms with Gasteiger partial charge in [-0.1, -0.05) is 60.7 Å². The second-order valence-electron chi connectivity index (χ2n) is 5.66. The van der Waals surface area contributed by atoms with E-state index in [1.54, 1.807) is 0 Å². The van der Waals surface area contributed by atoms with Gasteiger partial charge in [0.05, 0.1) is 6.04 Å². The summed E-state index contributed by atoms with van der Waals surface area (Å²) < 4.78 is 0. The molecule has 2 N–H and O–H groups in total. The van der Waals surface area contributed by atoms with Crippen LogP contribution in [-0.2, 0) is 0 Å². The van der Waals surface area contributed by atoms with Crippen LogP contribution in [0.1, 0.15) is 24.1 Å². The molecule has 2 heteroatoms. The fourth-order valence-electron chi connectivity index (χ4n) is 3.18. The Labute approximate surface area is 121 Å². The zero-order chi connectivity index (χ0) is 13.9. The molecule has 0 saturated carbocycles. The predicted molar refractivity (Wildman–Crippen MR) is 83.4 cm³/mol. The smallest absolute Gasteiger partial charge is 0.0604 e. The number of nitrogens with zero attached hydrogens (tertiary/aromatic N) is 1. The first-order chi connectivity index (χ1) is 9.81. The van der Waals surface area contributed by atoms with Crippen molar-refractivity contribution in [1.82, 2.24) is 4.90 Å². The molecule has 2 nitrogen and oxygen atoms in total. The minimum absolute atomic E-state index is 0.343. The number of hydrogen-bond donors (Lipinski definition) is 1. The molecule has 2 atom stereocenters. The van der Waals surface area contributed by atoms with Gasteiger partial charge in [0.1, 0.15) is 0 Å². The van der Waals surface area contributed by atoms with Crippen molar-refractivity contribution in [2.24, 2.45) is 11.7 Å². The summed E-state index contributed by atoms with van der Waals surface area (Å²) in [7, 11) is 0. The molecule has 0 radical (unpaired) electrons. The number of nitrogens with two attached hydrogens (primary N) is 1. The lowest BCUT2D eigenvalue weighted by Gasteiger charge is -2.50. The maximum Gasteiger partial charge on any atom is 0.0604 e. The van der Waals surface area contributed by atoms with Crippen molar-refractivity contribution in [3.05, 3.63) is 71.8 Å². The standard InChI is InChI=1S/C18H22N2/c1-14-17(12-19)13-20(14)18(15-8-4-2-5-9-15)16-10-6-3-7-11-16/h2-11,14,17-18H,12-13,19H2,1H3. The average Bonchev–Trinajstić information content (AvgIpc) is 2.52. The molecule has 2 unspecified atom stereocenters. The van der Waals surface area contributed by atoms with Gasteiger partial charge >= 0.3 is 0 Å². The largest absolute Gasteiger partial charge is 0.330 e. The zero-order valence-electron chi connectivity index (χ0n) is 11.9. The van der Waals surface area contributed by atoms with Gasteiger partial charge in [-0.2, -0.15) is 0 Å². The Hall–Kier alpha value is -1.64. The van der Waals surface area contributed by atoms with Crippen LogP contribution in [0.4, 0.5) is 0 Å². The maximum atomic E-state index is 5.84. The van der Waals surface area contributed by atoms with Crippen LogP contribution in [0.25, 0.3) is 0 Å². The van der Waals surface area contributed by atoms with Crippen LogP contribution >= 0.6 is 0 Å². The predicted octanol–water partition coefficient (Wildman–Crippen LogP) is 3.06. The molecule has 104 valence electrons. The highest BCUT2D eigenvalue weighted by atomic mass is 15.3. The van der Waals surface area contributed by atoms with E-state index in [0.29, 0.717) is 18.0 Å². The molecule has 0 bridgehead atoms. The molecule has 1 aliphatic rings. The fourth-order valence-corrected chi connectivity index (χ4v) is 3.18. The summed E-state index contributed by atoms with van der Waals surface area (Å²) in [5, 5.41) is 0. The van der Waals surface area contributed by atoms with Gasteiger partial charge in [0.2, 0.25) is 0 Å². The molecule has 1 fully saturated rings. The van der Waals surface area contributed by atoms with Gasteiger partial charge in [0.15, 0.2) is 0 Å². The average molecular weight is 266 g/mol. The lowest BCUT2D eigenvalue weighted by atomic mass is 9.84. The van der Waals surface area contributed by atoms with Gasteiger partial charge < -0.3 is 5.73 Å². The molecular formula is C18H22N2. The van der Waals surface area contributed by atoms with E-state index in [2.05, 4.69) is 72.5 Å². The van der Waals surface area contributed by atoms with E-state index in [-0.39, 0.29) is 0 Å². The summed E-state index contributed by atoms with van der Waals surface area (Å²) in [5.41, 5.74) is 8.56. The van der Waals surface area contributed by atoms with E-state index in [0.717, 1.165) is 13.1 Å². The summed E-state index contributed by atoms with van der Waals surface area (Å²) in [6, 6.07) is 22.4. The molecule has 20 heavy (non-hydrogen) atoms. The summed E-state index contributed by atoms with van der Waals surface area (Å²) >= 11 is 0. The molecule has 0 aromatic heterocycles. The first-order valence-corrected chi connectivity index (χ1v) is 7.37.